The first-order chi connectivity index (χ1) is 8.46. The molecular weight excluding hydrogens is 228 g/mol. The Morgan fingerprint density at radius 3 is 2.50 bits per heavy atom. The first-order valence-corrected chi connectivity index (χ1v) is 7.01. The van der Waals surface area contributed by atoms with Crippen LogP contribution in [0.3, 0.4) is 0 Å². The fourth-order valence-electron chi connectivity index (χ4n) is 2.70. The molecule has 1 rings (SSSR count). The van der Waals surface area contributed by atoms with Crippen molar-refractivity contribution in [1.82, 2.24) is 10.2 Å². The van der Waals surface area contributed by atoms with Crippen molar-refractivity contribution in [2.45, 2.75) is 39.2 Å². The molecule has 0 aromatic carbocycles. The molecule has 0 aromatic heterocycles. The van der Waals surface area contributed by atoms with Crippen LogP contribution in [-0.2, 0) is 9.53 Å². The van der Waals surface area contributed by atoms with E-state index in [0.717, 1.165) is 25.9 Å². The number of rotatable bonds is 8. The maximum absolute atomic E-state index is 12.3. The lowest BCUT2D eigenvalue weighted by molar-refractivity contribution is -0.153. The van der Waals surface area contributed by atoms with Gasteiger partial charge in [0.25, 0.3) is 0 Å². The molecule has 1 aliphatic carbocycles. The Bertz CT molecular complexity index is 277. The van der Waals surface area contributed by atoms with Crippen LogP contribution in [0.5, 0.6) is 0 Å². The van der Waals surface area contributed by atoms with Crippen molar-refractivity contribution in [3.8, 4) is 0 Å². The molecule has 0 amide bonds. The molecule has 0 aromatic rings. The zero-order valence-corrected chi connectivity index (χ0v) is 12.5. The molecule has 0 spiro atoms. The van der Waals surface area contributed by atoms with E-state index in [1.165, 1.54) is 0 Å². The summed E-state index contributed by atoms with van der Waals surface area (Å²) in [5.74, 6) is 0.938. The minimum absolute atomic E-state index is 0.0920. The average Bonchev–Trinajstić information content (AvgIpc) is 3.09. The van der Waals surface area contributed by atoms with E-state index in [4.69, 9.17) is 4.74 Å². The number of likely N-dealkylation sites (N-methyl/N-ethyl adjacent to an activating group) is 2. The van der Waals surface area contributed by atoms with Crippen LogP contribution in [-0.4, -0.2) is 50.2 Å². The summed E-state index contributed by atoms with van der Waals surface area (Å²) in [7, 11) is 3.95. The molecular formula is C14H28N2O2. The second-order valence-corrected chi connectivity index (χ2v) is 5.81. The topological polar surface area (TPSA) is 41.6 Å². The summed E-state index contributed by atoms with van der Waals surface area (Å²) in [5, 5.41) is 3.25. The third-order valence-corrected chi connectivity index (χ3v) is 3.56. The largest absolute Gasteiger partial charge is 0.465 e. The number of ether oxygens (including phenoxy) is 1. The first-order valence-electron chi connectivity index (χ1n) is 7.01. The van der Waals surface area contributed by atoms with Gasteiger partial charge in [0, 0.05) is 13.1 Å². The molecule has 1 fully saturated rings. The van der Waals surface area contributed by atoms with Gasteiger partial charge in [-0.1, -0.05) is 13.8 Å². The molecule has 1 aliphatic rings. The molecule has 1 atom stereocenters. The van der Waals surface area contributed by atoms with E-state index in [2.05, 4.69) is 31.1 Å². The van der Waals surface area contributed by atoms with Gasteiger partial charge in [-0.3, -0.25) is 0 Å². The van der Waals surface area contributed by atoms with E-state index in [1.807, 2.05) is 14.0 Å². The van der Waals surface area contributed by atoms with Crippen LogP contribution in [0.25, 0.3) is 0 Å². The zero-order chi connectivity index (χ0) is 13.8. The van der Waals surface area contributed by atoms with Gasteiger partial charge in [0.1, 0.15) is 5.54 Å². The Morgan fingerprint density at radius 1 is 1.50 bits per heavy atom. The van der Waals surface area contributed by atoms with Crippen molar-refractivity contribution in [3.05, 3.63) is 0 Å². The van der Waals surface area contributed by atoms with Gasteiger partial charge in [0.15, 0.2) is 0 Å². The highest BCUT2D eigenvalue weighted by Gasteiger charge is 2.51. The van der Waals surface area contributed by atoms with Crippen LogP contribution < -0.4 is 5.32 Å². The number of hydrogen-bond acceptors (Lipinski definition) is 4. The molecule has 106 valence electrons. The van der Waals surface area contributed by atoms with Crippen molar-refractivity contribution in [2.75, 3.05) is 33.8 Å². The smallest absolute Gasteiger partial charge is 0.327 e. The van der Waals surface area contributed by atoms with Crippen molar-refractivity contribution in [3.63, 3.8) is 0 Å². The van der Waals surface area contributed by atoms with Gasteiger partial charge in [0.05, 0.1) is 6.61 Å². The molecule has 0 aliphatic heterocycles. The molecule has 0 saturated heterocycles. The highest BCUT2D eigenvalue weighted by molar-refractivity contribution is 5.82. The lowest BCUT2D eigenvalue weighted by Gasteiger charge is -2.35. The molecule has 1 unspecified atom stereocenters. The monoisotopic (exact) mass is 256 g/mol. The first kappa shape index (κ1) is 15.4. The van der Waals surface area contributed by atoms with Crippen LogP contribution in [0.1, 0.15) is 33.6 Å². The van der Waals surface area contributed by atoms with Gasteiger partial charge in [0.2, 0.25) is 0 Å². The van der Waals surface area contributed by atoms with E-state index in [0.29, 0.717) is 18.4 Å². The number of carbonyl (C=O) groups is 1. The van der Waals surface area contributed by atoms with E-state index >= 15 is 0 Å². The third kappa shape index (κ3) is 3.69. The number of nitrogens with one attached hydrogen (secondary N) is 1. The van der Waals surface area contributed by atoms with E-state index in [-0.39, 0.29) is 5.97 Å². The minimum Gasteiger partial charge on any atom is -0.465 e. The van der Waals surface area contributed by atoms with Gasteiger partial charge in [-0.25, -0.2) is 4.79 Å². The second kappa shape index (κ2) is 6.53. The highest BCUT2D eigenvalue weighted by Crippen LogP contribution is 2.40. The average molecular weight is 256 g/mol. The quantitative estimate of drug-likeness (QED) is 0.668. The summed E-state index contributed by atoms with van der Waals surface area (Å²) >= 11 is 0. The Morgan fingerprint density at radius 2 is 2.11 bits per heavy atom. The molecule has 0 heterocycles. The normalized spacial score (nSPS) is 19.1. The lowest BCUT2D eigenvalue weighted by Crippen LogP contribution is -2.60. The summed E-state index contributed by atoms with van der Waals surface area (Å²) < 4.78 is 5.28. The van der Waals surface area contributed by atoms with Crippen LogP contribution >= 0.6 is 0 Å². The number of hydrogen-bond donors (Lipinski definition) is 1. The van der Waals surface area contributed by atoms with E-state index in [9.17, 15) is 4.79 Å². The number of esters is 1. The second-order valence-electron chi connectivity index (χ2n) is 5.81. The maximum atomic E-state index is 12.3. The molecule has 0 radical (unpaired) electrons. The Kier molecular flexibility index (Phi) is 5.60. The van der Waals surface area contributed by atoms with Crippen LogP contribution in [0.4, 0.5) is 0 Å². The maximum Gasteiger partial charge on any atom is 0.327 e. The van der Waals surface area contributed by atoms with Gasteiger partial charge in [-0.2, -0.15) is 0 Å². The van der Waals surface area contributed by atoms with Crippen molar-refractivity contribution < 1.29 is 9.53 Å². The minimum atomic E-state index is -0.514. The third-order valence-electron chi connectivity index (χ3n) is 3.56. The van der Waals surface area contributed by atoms with Crippen molar-refractivity contribution in [1.29, 1.82) is 0 Å². The highest BCUT2D eigenvalue weighted by atomic mass is 16.5. The summed E-state index contributed by atoms with van der Waals surface area (Å²) in [5.41, 5.74) is -0.514. The molecule has 18 heavy (non-hydrogen) atoms. The molecule has 4 heteroatoms. The van der Waals surface area contributed by atoms with Crippen LogP contribution in [0.2, 0.25) is 0 Å². The standard InChI is InChI=1S/C14H28N2O2/c1-6-18-13(17)14(15-4,12-7-8-12)10-16(5)9-11(2)3/h11-12,15H,6-10H2,1-5H3. The fourth-order valence-corrected chi connectivity index (χ4v) is 2.70. The zero-order valence-electron chi connectivity index (χ0n) is 12.5. The summed E-state index contributed by atoms with van der Waals surface area (Å²) in [6, 6.07) is 0. The molecule has 1 saturated carbocycles. The SMILES string of the molecule is CCOC(=O)C(CN(C)CC(C)C)(NC)C1CC1. The van der Waals surface area contributed by atoms with Crippen LogP contribution in [0, 0.1) is 11.8 Å². The van der Waals surface area contributed by atoms with Gasteiger partial charge in [-0.15, -0.1) is 0 Å². The van der Waals surface area contributed by atoms with Gasteiger partial charge in [-0.05, 0) is 45.7 Å². The Balaban J connectivity index is 2.73. The number of nitrogens with zero attached hydrogens (tertiary/aromatic N) is 1. The summed E-state index contributed by atoms with van der Waals surface area (Å²) in [6.07, 6.45) is 2.24. The van der Waals surface area contributed by atoms with Crippen molar-refractivity contribution in [2.24, 2.45) is 11.8 Å². The van der Waals surface area contributed by atoms with E-state index in [1.54, 1.807) is 0 Å². The molecule has 1 N–H and O–H groups in total. The summed E-state index contributed by atoms with van der Waals surface area (Å²) in [6.45, 7) is 8.42. The number of carbonyl (C=O) groups excluding carboxylic acids is 1. The summed E-state index contributed by atoms with van der Waals surface area (Å²) in [4.78, 5) is 14.5. The Hall–Kier alpha value is -0.610. The predicted molar refractivity (Wildman–Crippen MR) is 73.5 cm³/mol. The van der Waals surface area contributed by atoms with E-state index < -0.39 is 5.54 Å². The lowest BCUT2D eigenvalue weighted by atomic mass is 9.92. The Labute approximate surface area is 111 Å². The fraction of sp³-hybridized carbons (Fsp3) is 0.929. The van der Waals surface area contributed by atoms with Crippen molar-refractivity contribution >= 4 is 5.97 Å². The van der Waals surface area contributed by atoms with Gasteiger partial charge >= 0.3 is 5.97 Å². The van der Waals surface area contributed by atoms with Gasteiger partial charge < -0.3 is 15.0 Å². The predicted octanol–water partition coefficient (Wildman–Crippen LogP) is 1.51. The molecule has 0 bridgehead atoms. The molecule has 4 nitrogen and oxygen atoms in total. The van der Waals surface area contributed by atoms with Crippen LogP contribution in [0.15, 0.2) is 0 Å².